The smallest absolute Gasteiger partial charge is 0.328 e. The van der Waals surface area contributed by atoms with Crippen LogP contribution in [0.5, 0.6) is 11.6 Å². The first-order valence-corrected chi connectivity index (χ1v) is 8.54. The lowest BCUT2D eigenvalue weighted by Crippen LogP contribution is -2.19. The minimum absolute atomic E-state index is 0.158. The topological polar surface area (TPSA) is 98.0 Å². The summed E-state index contributed by atoms with van der Waals surface area (Å²) in [6, 6.07) is 3.82. The standard InChI is InChI=1S/C15H16BrN5O3/c16-13-11(24-6-5-20-8-12(22)17-15(20)23)4-3-10-14(13)18-19-21(10)7-9-1-2-9/h3-4,8-9,22H,1-2,5-7H2,(H,17,23). The molecule has 8 nitrogen and oxygen atoms in total. The van der Waals surface area contributed by atoms with Crippen molar-refractivity contribution in [2.45, 2.75) is 25.9 Å². The summed E-state index contributed by atoms with van der Waals surface area (Å²) in [5.41, 5.74) is 1.38. The SMILES string of the molecule is O=c1[nH]c(O)cn1CCOc1ccc2c(nnn2CC2CC2)c1Br. The normalized spacial score (nSPS) is 14.4. The number of benzene rings is 1. The monoisotopic (exact) mass is 393 g/mol. The molecule has 4 rings (SSSR count). The van der Waals surface area contributed by atoms with Gasteiger partial charge in [-0.15, -0.1) is 5.10 Å². The average Bonchev–Trinajstić information content (AvgIpc) is 3.18. The van der Waals surface area contributed by atoms with Gasteiger partial charge in [-0.25, -0.2) is 9.48 Å². The molecular formula is C15H16BrN5O3. The Bertz CT molecular complexity index is 940. The van der Waals surface area contributed by atoms with Gasteiger partial charge in [0.1, 0.15) is 17.9 Å². The number of nitrogens with one attached hydrogen (secondary N) is 1. The number of aromatic nitrogens is 5. The largest absolute Gasteiger partial charge is 0.493 e. The summed E-state index contributed by atoms with van der Waals surface area (Å²) in [6.07, 6.45) is 3.86. The van der Waals surface area contributed by atoms with Gasteiger partial charge in [0.15, 0.2) is 0 Å². The van der Waals surface area contributed by atoms with Gasteiger partial charge in [-0.05, 0) is 46.8 Å². The Morgan fingerprint density at radius 2 is 2.25 bits per heavy atom. The predicted molar refractivity (Wildman–Crippen MR) is 90.2 cm³/mol. The third kappa shape index (κ3) is 2.91. The maximum Gasteiger partial charge on any atom is 0.328 e. The molecule has 0 aliphatic heterocycles. The highest BCUT2D eigenvalue weighted by atomic mass is 79.9. The first-order chi connectivity index (χ1) is 11.6. The number of aromatic hydroxyl groups is 1. The zero-order valence-corrected chi connectivity index (χ0v) is 14.4. The number of imidazole rings is 1. The van der Waals surface area contributed by atoms with Crippen LogP contribution in [0.3, 0.4) is 0 Å². The summed E-state index contributed by atoms with van der Waals surface area (Å²) in [7, 11) is 0. The van der Waals surface area contributed by atoms with Crippen LogP contribution in [0, 0.1) is 5.92 Å². The van der Waals surface area contributed by atoms with Crippen LogP contribution < -0.4 is 10.4 Å². The number of H-pyrrole nitrogens is 1. The molecule has 0 bridgehead atoms. The summed E-state index contributed by atoms with van der Waals surface area (Å²) in [6.45, 7) is 1.52. The van der Waals surface area contributed by atoms with Crippen molar-refractivity contribution in [3.05, 3.63) is 33.3 Å². The molecular weight excluding hydrogens is 378 g/mol. The molecule has 2 aromatic heterocycles. The fraction of sp³-hybridized carbons (Fsp3) is 0.400. The van der Waals surface area contributed by atoms with Gasteiger partial charge in [0.25, 0.3) is 0 Å². The third-order valence-corrected chi connectivity index (χ3v) is 4.85. The van der Waals surface area contributed by atoms with Crippen LogP contribution in [-0.4, -0.2) is 36.3 Å². The van der Waals surface area contributed by atoms with Gasteiger partial charge in [-0.3, -0.25) is 9.55 Å². The lowest BCUT2D eigenvalue weighted by Gasteiger charge is -2.09. The third-order valence-electron chi connectivity index (χ3n) is 4.08. The van der Waals surface area contributed by atoms with Crippen LogP contribution in [0.4, 0.5) is 0 Å². The molecule has 1 aromatic carbocycles. The van der Waals surface area contributed by atoms with Crippen molar-refractivity contribution in [2.24, 2.45) is 5.92 Å². The Hall–Kier alpha value is -2.29. The van der Waals surface area contributed by atoms with Gasteiger partial charge < -0.3 is 9.84 Å². The molecule has 1 saturated carbocycles. The molecule has 24 heavy (non-hydrogen) atoms. The zero-order chi connectivity index (χ0) is 16.7. The van der Waals surface area contributed by atoms with E-state index in [4.69, 9.17) is 4.74 Å². The van der Waals surface area contributed by atoms with Crippen molar-refractivity contribution in [2.75, 3.05) is 6.61 Å². The van der Waals surface area contributed by atoms with E-state index in [-0.39, 0.29) is 18.2 Å². The number of rotatable bonds is 6. The maximum atomic E-state index is 11.5. The highest BCUT2D eigenvalue weighted by Gasteiger charge is 2.23. The number of ether oxygens (including phenoxy) is 1. The molecule has 2 heterocycles. The molecule has 126 valence electrons. The molecule has 0 unspecified atom stereocenters. The Labute approximate surface area is 145 Å². The van der Waals surface area contributed by atoms with Gasteiger partial charge >= 0.3 is 5.69 Å². The molecule has 3 aromatic rings. The molecule has 1 aliphatic carbocycles. The molecule has 0 saturated heterocycles. The van der Waals surface area contributed by atoms with Gasteiger partial charge in [-0.2, -0.15) is 0 Å². The first kappa shape index (κ1) is 15.3. The second kappa shape index (κ2) is 5.97. The second-order valence-electron chi connectivity index (χ2n) is 5.95. The van der Waals surface area contributed by atoms with Crippen LogP contribution in [-0.2, 0) is 13.1 Å². The van der Waals surface area contributed by atoms with Gasteiger partial charge in [0.05, 0.1) is 22.7 Å². The Morgan fingerprint density at radius 3 is 2.96 bits per heavy atom. The van der Waals surface area contributed by atoms with E-state index in [2.05, 4.69) is 31.2 Å². The molecule has 1 aliphatic rings. The fourth-order valence-electron chi connectivity index (χ4n) is 2.62. The van der Waals surface area contributed by atoms with E-state index in [0.717, 1.165) is 28.0 Å². The minimum atomic E-state index is -0.367. The number of hydrogen-bond acceptors (Lipinski definition) is 5. The zero-order valence-electron chi connectivity index (χ0n) is 12.8. The van der Waals surface area contributed by atoms with Crippen molar-refractivity contribution < 1.29 is 9.84 Å². The molecule has 0 amide bonds. The van der Waals surface area contributed by atoms with Crippen molar-refractivity contribution in [3.8, 4) is 11.6 Å². The molecule has 1 fully saturated rings. The van der Waals surface area contributed by atoms with Gasteiger partial charge in [0.2, 0.25) is 5.88 Å². The fourth-order valence-corrected chi connectivity index (χ4v) is 3.15. The predicted octanol–water partition coefficient (Wildman–Crippen LogP) is 1.88. The van der Waals surface area contributed by atoms with E-state index < -0.39 is 0 Å². The van der Waals surface area contributed by atoms with Crippen LogP contribution in [0.2, 0.25) is 0 Å². The van der Waals surface area contributed by atoms with E-state index in [1.54, 1.807) is 0 Å². The van der Waals surface area contributed by atoms with E-state index in [1.807, 2.05) is 16.8 Å². The lowest BCUT2D eigenvalue weighted by atomic mass is 10.3. The minimum Gasteiger partial charge on any atom is -0.493 e. The quantitative estimate of drug-likeness (QED) is 0.665. The van der Waals surface area contributed by atoms with Crippen LogP contribution >= 0.6 is 15.9 Å². The van der Waals surface area contributed by atoms with Gasteiger partial charge in [0, 0.05) is 6.54 Å². The Kier molecular flexibility index (Phi) is 3.79. The molecule has 2 N–H and O–H groups in total. The molecule has 9 heteroatoms. The van der Waals surface area contributed by atoms with Crippen LogP contribution in [0.15, 0.2) is 27.6 Å². The number of nitrogens with zero attached hydrogens (tertiary/aromatic N) is 4. The highest BCUT2D eigenvalue weighted by molar-refractivity contribution is 9.10. The Morgan fingerprint density at radius 1 is 1.42 bits per heavy atom. The van der Waals surface area contributed by atoms with Gasteiger partial charge in [-0.1, -0.05) is 5.21 Å². The van der Waals surface area contributed by atoms with Crippen molar-refractivity contribution in [1.82, 2.24) is 24.5 Å². The lowest BCUT2D eigenvalue weighted by molar-refractivity contribution is 0.295. The average molecular weight is 394 g/mol. The van der Waals surface area contributed by atoms with Crippen molar-refractivity contribution >= 4 is 27.0 Å². The molecule has 0 atom stereocenters. The molecule has 0 radical (unpaired) electrons. The summed E-state index contributed by atoms with van der Waals surface area (Å²) < 4.78 is 9.78. The van der Waals surface area contributed by atoms with Crippen molar-refractivity contribution in [1.29, 1.82) is 0 Å². The maximum absolute atomic E-state index is 11.5. The Balaban J connectivity index is 1.48. The highest BCUT2D eigenvalue weighted by Crippen LogP contribution is 2.34. The number of aromatic amines is 1. The first-order valence-electron chi connectivity index (χ1n) is 7.75. The summed E-state index contributed by atoms with van der Waals surface area (Å²) >= 11 is 3.53. The van der Waals surface area contributed by atoms with E-state index in [0.29, 0.717) is 12.3 Å². The van der Waals surface area contributed by atoms with E-state index in [9.17, 15) is 9.90 Å². The summed E-state index contributed by atoms with van der Waals surface area (Å²) in [5.74, 6) is 1.21. The second-order valence-corrected chi connectivity index (χ2v) is 6.74. The summed E-state index contributed by atoms with van der Waals surface area (Å²) in [4.78, 5) is 13.8. The number of fused-ring (bicyclic) bond motifs is 1. The van der Waals surface area contributed by atoms with E-state index >= 15 is 0 Å². The van der Waals surface area contributed by atoms with Crippen LogP contribution in [0.1, 0.15) is 12.8 Å². The van der Waals surface area contributed by atoms with Crippen molar-refractivity contribution in [3.63, 3.8) is 0 Å². The molecule has 0 spiro atoms. The number of hydrogen-bond donors (Lipinski definition) is 2. The van der Waals surface area contributed by atoms with Crippen LogP contribution in [0.25, 0.3) is 11.0 Å². The van der Waals surface area contributed by atoms with E-state index in [1.165, 1.54) is 23.6 Å². The number of halogens is 1. The summed E-state index contributed by atoms with van der Waals surface area (Å²) in [5, 5.41) is 17.7.